The lowest BCUT2D eigenvalue weighted by molar-refractivity contribution is -0.232. The van der Waals surface area contributed by atoms with Gasteiger partial charge in [0.1, 0.15) is 5.60 Å². The number of hydrogen-bond donors (Lipinski definition) is 2. The van der Waals surface area contributed by atoms with Crippen molar-refractivity contribution in [2.24, 2.45) is 0 Å². The molecule has 0 radical (unpaired) electrons. The van der Waals surface area contributed by atoms with Crippen LogP contribution < -0.4 is 5.32 Å². The van der Waals surface area contributed by atoms with Crippen LogP contribution in [0.1, 0.15) is 19.3 Å². The van der Waals surface area contributed by atoms with Gasteiger partial charge < -0.3 is 19.9 Å². The van der Waals surface area contributed by atoms with Crippen LogP contribution in [0.4, 0.5) is 13.2 Å². The Bertz CT molecular complexity index is 328. The van der Waals surface area contributed by atoms with Crippen LogP contribution in [-0.2, 0) is 14.3 Å². The Balaban J connectivity index is 1.96. The summed E-state index contributed by atoms with van der Waals surface area (Å²) in [6.07, 6.45) is -6.44. The number of piperidine rings is 1. The molecule has 2 rings (SSSR count). The third-order valence-electron chi connectivity index (χ3n) is 3.31. The van der Waals surface area contributed by atoms with Crippen molar-refractivity contribution in [2.45, 2.75) is 43.4 Å². The van der Waals surface area contributed by atoms with Gasteiger partial charge in [0.2, 0.25) is 6.29 Å². The second-order valence-corrected chi connectivity index (χ2v) is 4.52. The molecule has 0 amide bonds. The number of alkyl halides is 3. The fraction of sp³-hybridized carbons (Fsp3) is 0.900. The van der Waals surface area contributed by atoms with Crippen molar-refractivity contribution in [3.63, 3.8) is 0 Å². The minimum absolute atomic E-state index is 0.123. The summed E-state index contributed by atoms with van der Waals surface area (Å²) in [5.41, 5.74) is -0.887. The van der Waals surface area contributed by atoms with E-state index < -0.39 is 30.1 Å². The van der Waals surface area contributed by atoms with E-state index in [9.17, 15) is 23.1 Å². The highest BCUT2D eigenvalue weighted by atomic mass is 19.4. The van der Waals surface area contributed by atoms with E-state index in [1.54, 1.807) is 0 Å². The zero-order valence-corrected chi connectivity index (χ0v) is 9.50. The van der Waals surface area contributed by atoms with Crippen molar-refractivity contribution in [1.29, 1.82) is 0 Å². The first-order valence-electron chi connectivity index (χ1n) is 5.68. The predicted octanol–water partition coefficient (Wildman–Crippen LogP) is 0.321. The van der Waals surface area contributed by atoms with E-state index in [4.69, 9.17) is 4.74 Å². The summed E-state index contributed by atoms with van der Waals surface area (Å²) in [4.78, 5) is 10.7. The summed E-state index contributed by atoms with van der Waals surface area (Å²) < 4.78 is 45.6. The maximum atomic E-state index is 12.0. The Labute approximate surface area is 101 Å². The van der Waals surface area contributed by atoms with Crippen molar-refractivity contribution in [3.8, 4) is 0 Å². The molecule has 2 fully saturated rings. The van der Waals surface area contributed by atoms with E-state index in [-0.39, 0.29) is 6.42 Å². The fourth-order valence-electron chi connectivity index (χ4n) is 2.34. The summed E-state index contributed by atoms with van der Waals surface area (Å²) in [6.45, 7) is 1.22. The Morgan fingerprint density at radius 2 is 2.00 bits per heavy atom. The molecule has 8 heteroatoms. The molecule has 2 saturated heterocycles. The molecule has 0 bridgehead atoms. The van der Waals surface area contributed by atoms with Crippen LogP contribution in [0, 0.1) is 0 Å². The number of aliphatic hydroxyl groups is 1. The summed E-state index contributed by atoms with van der Waals surface area (Å²) in [6, 6.07) is 0. The van der Waals surface area contributed by atoms with Gasteiger partial charge in [-0.15, -0.1) is 0 Å². The number of esters is 1. The van der Waals surface area contributed by atoms with Gasteiger partial charge >= 0.3 is 12.1 Å². The number of nitrogens with one attached hydrogen (secondary N) is 1. The molecule has 0 aliphatic carbocycles. The molecule has 1 spiro atoms. The fourth-order valence-corrected chi connectivity index (χ4v) is 2.34. The largest absolute Gasteiger partial charge is 0.491 e. The average Bonchev–Trinajstić information content (AvgIpc) is 2.55. The van der Waals surface area contributed by atoms with Gasteiger partial charge in [0.15, 0.2) is 0 Å². The van der Waals surface area contributed by atoms with Crippen molar-refractivity contribution in [1.82, 2.24) is 5.32 Å². The van der Waals surface area contributed by atoms with Crippen LogP contribution in [0.5, 0.6) is 0 Å². The Hall–Kier alpha value is -0.860. The zero-order valence-electron chi connectivity index (χ0n) is 9.50. The number of ether oxygens (including phenoxy) is 2. The molecule has 2 unspecified atom stereocenters. The molecule has 0 aromatic carbocycles. The Kier molecular flexibility index (Phi) is 3.52. The van der Waals surface area contributed by atoms with Crippen molar-refractivity contribution < 1.29 is 32.5 Å². The van der Waals surface area contributed by atoms with Crippen molar-refractivity contribution in [3.05, 3.63) is 0 Å². The highest BCUT2D eigenvalue weighted by Gasteiger charge is 2.51. The van der Waals surface area contributed by atoms with E-state index in [1.165, 1.54) is 0 Å². The molecule has 2 heterocycles. The molecule has 2 aliphatic rings. The van der Waals surface area contributed by atoms with E-state index in [2.05, 4.69) is 10.1 Å². The maximum absolute atomic E-state index is 12.0. The summed E-state index contributed by atoms with van der Waals surface area (Å²) in [5.74, 6) is -2.29. The van der Waals surface area contributed by atoms with Gasteiger partial charge in [0.25, 0.3) is 0 Å². The lowest BCUT2D eigenvalue weighted by Gasteiger charge is -2.35. The molecule has 2 atom stereocenters. The predicted molar refractivity (Wildman–Crippen MR) is 52.5 cm³/mol. The van der Waals surface area contributed by atoms with E-state index in [0.29, 0.717) is 25.9 Å². The van der Waals surface area contributed by atoms with Crippen molar-refractivity contribution in [2.75, 3.05) is 13.1 Å². The molecule has 0 aromatic rings. The first-order valence-corrected chi connectivity index (χ1v) is 5.68. The summed E-state index contributed by atoms with van der Waals surface area (Å²) >= 11 is 0. The van der Waals surface area contributed by atoms with Crippen LogP contribution in [0.15, 0.2) is 0 Å². The number of carbonyl (C=O) groups excluding carboxylic acids is 1. The topological polar surface area (TPSA) is 67.8 Å². The SMILES string of the molecule is O=C(OC1CC(O)C2(CCNCC2)O1)C(F)(F)F. The van der Waals surface area contributed by atoms with Gasteiger partial charge in [0.05, 0.1) is 6.10 Å². The van der Waals surface area contributed by atoms with Gasteiger partial charge in [-0.2, -0.15) is 13.2 Å². The molecule has 2 N–H and O–H groups in total. The molecule has 2 aliphatic heterocycles. The zero-order chi connectivity index (χ0) is 13.4. The van der Waals surface area contributed by atoms with Crippen LogP contribution in [-0.4, -0.2) is 48.3 Å². The lowest BCUT2D eigenvalue weighted by atomic mass is 9.87. The number of carbonyl (C=O) groups is 1. The van der Waals surface area contributed by atoms with Crippen LogP contribution in [0.3, 0.4) is 0 Å². The van der Waals surface area contributed by atoms with Crippen molar-refractivity contribution >= 4 is 5.97 Å². The summed E-state index contributed by atoms with van der Waals surface area (Å²) in [5, 5.41) is 12.9. The van der Waals surface area contributed by atoms with Gasteiger partial charge in [0, 0.05) is 6.42 Å². The average molecular weight is 269 g/mol. The van der Waals surface area contributed by atoms with Crippen LogP contribution in [0.2, 0.25) is 0 Å². The molecule has 0 saturated carbocycles. The maximum Gasteiger partial charge on any atom is 0.491 e. The van der Waals surface area contributed by atoms with E-state index >= 15 is 0 Å². The normalized spacial score (nSPS) is 31.6. The number of halogens is 3. The number of aliphatic hydroxyl groups excluding tert-OH is 1. The third-order valence-corrected chi connectivity index (χ3v) is 3.31. The van der Waals surface area contributed by atoms with Gasteiger partial charge in [-0.1, -0.05) is 0 Å². The highest BCUT2D eigenvalue weighted by molar-refractivity contribution is 5.75. The second kappa shape index (κ2) is 4.67. The quantitative estimate of drug-likeness (QED) is 0.671. The molecule has 18 heavy (non-hydrogen) atoms. The Morgan fingerprint density at radius 1 is 1.39 bits per heavy atom. The lowest BCUT2D eigenvalue weighted by Crippen LogP contribution is -2.48. The van der Waals surface area contributed by atoms with E-state index in [1.807, 2.05) is 0 Å². The van der Waals surface area contributed by atoms with Crippen LogP contribution in [0.25, 0.3) is 0 Å². The molecule has 5 nitrogen and oxygen atoms in total. The highest BCUT2D eigenvalue weighted by Crippen LogP contribution is 2.38. The first-order chi connectivity index (χ1) is 8.33. The van der Waals surface area contributed by atoms with Gasteiger partial charge in [-0.25, -0.2) is 4.79 Å². The molecular formula is C10H14F3NO4. The third kappa shape index (κ3) is 2.60. The monoisotopic (exact) mass is 269 g/mol. The smallest absolute Gasteiger partial charge is 0.429 e. The first kappa shape index (κ1) is 13.6. The minimum Gasteiger partial charge on any atom is -0.429 e. The number of hydrogen-bond acceptors (Lipinski definition) is 5. The Morgan fingerprint density at radius 3 is 2.56 bits per heavy atom. The molecule has 104 valence electrons. The molecule has 0 aromatic heterocycles. The van der Waals surface area contributed by atoms with E-state index in [0.717, 1.165) is 0 Å². The summed E-state index contributed by atoms with van der Waals surface area (Å²) in [7, 11) is 0. The van der Waals surface area contributed by atoms with Gasteiger partial charge in [-0.05, 0) is 25.9 Å². The second-order valence-electron chi connectivity index (χ2n) is 4.52. The van der Waals surface area contributed by atoms with Crippen LogP contribution >= 0.6 is 0 Å². The number of rotatable bonds is 1. The standard InChI is InChI=1S/C10H14F3NO4/c11-10(12,13)8(16)17-7-5-6(15)9(18-7)1-3-14-4-2-9/h6-7,14-15H,1-5H2. The molecular weight excluding hydrogens is 255 g/mol. The van der Waals surface area contributed by atoms with Gasteiger partial charge in [-0.3, -0.25) is 0 Å². The minimum atomic E-state index is -5.04.